The van der Waals surface area contributed by atoms with Crippen LogP contribution in [0.3, 0.4) is 0 Å². The highest BCUT2D eigenvalue weighted by atomic mass is 32.1. The standard InChI is InChI=1S/C23H22O4S/c1-2-17-8-10-19(11-9-17)26-12-13-27-20-6-3-5-18(15-20)16-21(23(24)25)22-7-4-14-28-22/h3-11,14-16H,2,12-13H2,1H3,(H,24,25)/b21-16+. The van der Waals surface area contributed by atoms with E-state index in [2.05, 4.69) is 19.1 Å². The summed E-state index contributed by atoms with van der Waals surface area (Å²) < 4.78 is 11.4. The zero-order valence-electron chi connectivity index (χ0n) is 15.6. The first-order valence-electron chi connectivity index (χ1n) is 9.09. The van der Waals surface area contributed by atoms with Crippen LogP contribution in [0.25, 0.3) is 11.6 Å². The fourth-order valence-corrected chi connectivity index (χ4v) is 3.41. The normalized spacial score (nSPS) is 11.2. The molecule has 0 fully saturated rings. The van der Waals surface area contributed by atoms with E-state index in [9.17, 15) is 9.90 Å². The number of hydrogen-bond acceptors (Lipinski definition) is 4. The zero-order chi connectivity index (χ0) is 19.8. The number of carboxylic acids is 1. The van der Waals surface area contributed by atoms with Gasteiger partial charge in [0.1, 0.15) is 24.7 Å². The van der Waals surface area contributed by atoms with Gasteiger partial charge in [0.15, 0.2) is 0 Å². The van der Waals surface area contributed by atoms with Crippen molar-refractivity contribution in [1.82, 2.24) is 0 Å². The molecule has 3 aromatic rings. The van der Waals surface area contributed by atoms with Gasteiger partial charge in [0.05, 0.1) is 5.57 Å². The molecule has 0 unspecified atom stereocenters. The Kier molecular flexibility index (Phi) is 6.87. The molecule has 4 nitrogen and oxygen atoms in total. The van der Waals surface area contributed by atoms with E-state index in [4.69, 9.17) is 9.47 Å². The van der Waals surface area contributed by atoms with Crippen molar-refractivity contribution in [2.75, 3.05) is 13.2 Å². The second kappa shape index (κ2) is 9.76. The van der Waals surface area contributed by atoms with E-state index < -0.39 is 5.97 Å². The molecule has 28 heavy (non-hydrogen) atoms. The molecule has 0 atom stereocenters. The van der Waals surface area contributed by atoms with Crippen molar-refractivity contribution in [3.8, 4) is 11.5 Å². The fourth-order valence-electron chi connectivity index (χ4n) is 2.67. The number of hydrogen-bond donors (Lipinski definition) is 1. The van der Waals surface area contributed by atoms with Crippen LogP contribution in [0.15, 0.2) is 66.0 Å². The van der Waals surface area contributed by atoms with E-state index in [0.717, 1.165) is 22.6 Å². The first-order chi connectivity index (χ1) is 13.7. The molecule has 0 aliphatic heterocycles. The number of aryl methyl sites for hydroxylation is 1. The van der Waals surface area contributed by atoms with Gasteiger partial charge in [0, 0.05) is 4.88 Å². The Labute approximate surface area is 168 Å². The molecule has 0 saturated carbocycles. The molecule has 0 radical (unpaired) electrons. The lowest BCUT2D eigenvalue weighted by atomic mass is 10.1. The number of carbonyl (C=O) groups is 1. The first kappa shape index (κ1) is 19.7. The second-order valence-corrected chi connectivity index (χ2v) is 7.06. The van der Waals surface area contributed by atoms with Gasteiger partial charge in [0.2, 0.25) is 0 Å². The van der Waals surface area contributed by atoms with E-state index in [1.807, 2.05) is 47.8 Å². The quantitative estimate of drug-likeness (QED) is 0.390. The van der Waals surface area contributed by atoms with Gasteiger partial charge in [-0.2, -0.15) is 0 Å². The lowest BCUT2D eigenvalue weighted by Gasteiger charge is -2.09. The molecule has 1 N–H and O–H groups in total. The van der Waals surface area contributed by atoms with Crippen LogP contribution in [0.4, 0.5) is 0 Å². The monoisotopic (exact) mass is 394 g/mol. The van der Waals surface area contributed by atoms with Crippen molar-refractivity contribution >= 4 is 29.0 Å². The maximum atomic E-state index is 11.6. The number of aliphatic carboxylic acids is 1. The summed E-state index contributed by atoms with van der Waals surface area (Å²) in [6.45, 7) is 2.95. The minimum absolute atomic E-state index is 0.269. The fraction of sp³-hybridized carbons (Fsp3) is 0.174. The van der Waals surface area contributed by atoms with Crippen molar-refractivity contribution in [3.05, 3.63) is 82.0 Å². The van der Waals surface area contributed by atoms with Gasteiger partial charge in [0.25, 0.3) is 0 Å². The van der Waals surface area contributed by atoms with E-state index >= 15 is 0 Å². The van der Waals surface area contributed by atoms with Gasteiger partial charge in [-0.1, -0.05) is 37.3 Å². The molecule has 0 spiro atoms. The first-order valence-corrected chi connectivity index (χ1v) is 9.97. The maximum Gasteiger partial charge on any atom is 0.337 e. The molecule has 1 aromatic heterocycles. The van der Waals surface area contributed by atoms with Crippen LogP contribution in [0.5, 0.6) is 11.5 Å². The van der Waals surface area contributed by atoms with Gasteiger partial charge >= 0.3 is 5.97 Å². The molecule has 1 heterocycles. The number of benzene rings is 2. The number of carboxylic acid groups (broad SMARTS) is 1. The van der Waals surface area contributed by atoms with E-state index in [1.54, 1.807) is 12.1 Å². The third-order valence-corrected chi connectivity index (χ3v) is 5.04. The average molecular weight is 394 g/mol. The minimum Gasteiger partial charge on any atom is -0.490 e. The molecule has 3 rings (SSSR count). The van der Waals surface area contributed by atoms with Crippen molar-refractivity contribution in [3.63, 3.8) is 0 Å². The lowest BCUT2D eigenvalue weighted by Crippen LogP contribution is -2.09. The SMILES string of the molecule is CCc1ccc(OCCOc2cccc(/C=C(/C(=O)O)c3cccs3)c2)cc1. The summed E-state index contributed by atoms with van der Waals surface area (Å²) in [5.41, 5.74) is 2.32. The highest BCUT2D eigenvalue weighted by Gasteiger charge is 2.11. The lowest BCUT2D eigenvalue weighted by molar-refractivity contribution is -0.130. The van der Waals surface area contributed by atoms with Gasteiger partial charge < -0.3 is 14.6 Å². The van der Waals surface area contributed by atoms with Crippen LogP contribution in [0.2, 0.25) is 0 Å². The Bertz CT molecular complexity index is 928. The molecule has 0 aliphatic carbocycles. The number of thiophene rings is 1. The van der Waals surface area contributed by atoms with Gasteiger partial charge in [-0.05, 0) is 59.3 Å². The van der Waals surface area contributed by atoms with Crippen LogP contribution in [-0.4, -0.2) is 24.3 Å². The van der Waals surface area contributed by atoms with Crippen molar-refractivity contribution in [2.45, 2.75) is 13.3 Å². The second-order valence-electron chi connectivity index (χ2n) is 6.11. The smallest absolute Gasteiger partial charge is 0.337 e. The summed E-state index contributed by atoms with van der Waals surface area (Å²) in [4.78, 5) is 12.3. The summed E-state index contributed by atoms with van der Waals surface area (Å²) >= 11 is 1.40. The highest BCUT2D eigenvalue weighted by Crippen LogP contribution is 2.24. The average Bonchev–Trinajstić information content (AvgIpc) is 3.24. The Morgan fingerprint density at radius 1 is 1.00 bits per heavy atom. The largest absolute Gasteiger partial charge is 0.490 e. The van der Waals surface area contributed by atoms with Crippen LogP contribution in [0, 0.1) is 0 Å². The zero-order valence-corrected chi connectivity index (χ0v) is 16.4. The predicted octanol–water partition coefficient (Wildman–Crippen LogP) is 5.39. The Hall–Kier alpha value is -3.05. The summed E-state index contributed by atoms with van der Waals surface area (Å²) in [6, 6.07) is 19.0. The van der Waals surface area contributed by atoms with Crippen molar-refractivity contribution < 1.29 is 19.4 Å². The van der Waals surface area contributed by atoms with Crippen LogP contribution >= 0.6 is 11.3 Å². The summed E-state index contributed by atoms with van der Waals surface area (Å²) in [6.07, 6.45) is 2.66. The van der Waals surface area contributed by atoms with Crippen LogP contribution in [-0.2, 0) is 11.2 Å². The van der Waals surface area contributed by atoms with Gasteiger partial charge in [-0.3, -0.25) is 0 Å². The molecule has 144 valence electrons. The number of ether oxygens (including phenoxy) is 2. The van der Waals surface area contributed by atoms with Gasteiger partial charge in [-0.15, -0.1) is 11.3 Å². The molecule has 0 aliphatic rings. The Balaban J connectivity index is 1.58. The molecule has 5 heteroatoms. The molecular formula is C23H22O4S. The maximum absolute atomic E-state index is 11.6. The third-order valence-electron chi connectivity index (χ3n) is 4.14. The van der Waals surface area contributed by atoms with Crippen LogP contribution in [0.1, 0.15) is 22.9 Å². The predicted molar refractivity (Wildman–Crippen MR) is 113 cm³/mol. The van der Waals surface area contributed by atoms with E-state index in [-0.39, 0.29) is 5.57 Å². The highest BCUT2D eigenvalue weighted by molar-refractivity contribution is 7.11. The summed E-state index contributed by atoms with van der Waals surface area (Å²) in [5, 5.41) is 11.3. The third kappa shape index (κ3) is 5.47. The molecule has 0 bridgehead atoms. The summed E-state index contributed by atoms with van der Waals surface area (Å²) in [7, 11) is 0. The Morgan fingerprint density at radius 2 is 1.75 bits per heavy atom. The molecule has 0 saturated heterocycles. The molecular weight excluding hydrogens is 372 g/mol. The topological polar surface area (TPSA) is 55.8 Å². The van der Waals surface area contributed by atoms with Gasteiger partial charge in [-0.25, -0.2) is 4.79 Å². The minimum atomic E-state index is -0.948. The van der Waals surface area contributed by atoms with E-state index in [0.29, 0.717) is 19.0 Å². The van der Waals surface area contributed by atoms with E-state index in [1.165, 1.54) is 16.9 Å². The van der Waals surface area contributed by atoms with Crippen LogP contribution < -0.4 is 9.47 Å². The van der Waals surface area contributed by atoms with Crippen molar-refractivity contribution in [2.24, 2.45) is 0 Å². The number of rotatable bonds is 9. The van der Waals surface area contributed by atoms with Crippen molar-refractivity contribution in [1.29, 1.82) is 0 Å². The Morgan fingerprint density at radius 3 is 2.39 bits per heavy atom. The summed E-state index contributed by atoms with van der Waals surface area (Å²) in [5.74, 6) is 0.547. The molecule has 2 aromatic carbocycles. The molecule has 0 amide bonds.